The van der Waals surface area contributed by atoms with Crippen molar-refractivity contribution >= 4 is 11.7 Å². The Morgan fingerprint density at radius 2 is 1.96 bits per heavy atom. The SMILES string of the molecule is O=C(Cc1cnn(Cc2ccccc2)c1)Nc1cnn(C2CCC2)n1. The largest absolute Gasteiger partial charge is 0.308 e. The van der Waals surface area contributed by atoms with Gasteiger partial charge < -0.3 is 5.32 Å². The number of benzene rings is 1. The average Bonchev–Trinajstić information content (AvgIpc) is 3.17. The molecule has 0 aliphatic heterocycles. The van der Waals surface area contributed by atoms with Crippen molar-refractivity contribution in [2.45, 2.75) is 38.3 Å². The van der Waals surface area contributed by atoms with E-state index in [0.717, 1.165) is 18.4 Å². The second kappa shape index (κ2) is 6.88. The normalized spacial score (nSPS) is 14.2. The maximum absolute atomic E-state index is 12.2. The Morgan fingerprint density at radius 1 is 1.12 bits per heavy atom. The van der Waals surface area contributed by atoms with Crippen LogP contribution >= 0.6 is 0 Å². The van der Waals surface area contributed by atoms with E-state index in [0.29, 0.717) is 18.4 Å². The first-order valence-electron chi connectivity index (χ1n) is 8.53. The molecule has 7 nitrogen and oxygen atoms in total. The van der Waals surface area contributed by atoms with Gasteiger partial charge in [-0.1, -0.05) is 30.3 Å². The Balaban J connectivity index is 1.32. The van der Waals surface area contributed by atoms with Crippen LogP contribution in [-0.2, 0) is 17.8 Å². The number of aromatic nitrogens is 5. The lowest BCUT2D eigenvalue weighted by Crippen LogP contribution is -2.20. The van der Waals surface area contributed by atoms with E-state index in [1.54, 1.807) is 17.2 Å². The number of amides is 1. The molecule has 0 radical (unpaired) electrons. The average molecular weight is 336 g/mol. The van der Waals surface area contributed by atoms with Crippen molar-refractivity contribution in [1.82, 2.24) is 24.8 Å². The number of hydrogen-bond acceptors (Lipinski definition) is 4. The molecule has 3 aromatic rings. The summed E-state index contributed by atoms with van der Waals surface area (Å²) in [4.78, 5) is 13.9. The monoisotopic (exact) mass is 336 g/mol. The minimum atomic E-state index is -0.111. The van der Waals surface area contributed by atoms with E-state index in [4.69, 9.17) is 0 Å². The molecule has 1 aliphatic carbocycles. The van der Waals surface area contributed by atoms with Crippen LogP contribution in [0.3, 0.4) is 0 Å². The summed E-state index contributed by atoms with van der Waals surface area (Å²) >= 11 is 0. The second-order valence-corrected chi connectivity index (χ2v) is 6.39. The van der Waals surface area contributed by atoms with Gasteiger partial charge >= 0.3 is 0 Å². The zero-order chi connectivity index (χ0) is 17.1. The van der Waals surface area contributed by atoms with Gasteiger partial charge in [0, 0.05) is 6.20 Å². The third kappa shape index (κ3) is 3.76. The fourth-order valence-electron chi connectivity index (χ4n) is 2.85. The minimum absolute atomic E-state index is 0.111. The number of carbonyl (C=O) groups is 1. The van der Waals surface area contributed by atoms with E-state index in [9.17, 15) is 4.79 Å². The van der Waals surface area contributed by atoms with E-state index in [1.165, 1.54) is 12.0 Å². The second-order valence-electron chi connectivity index (χ2n) is 6.39. The van der Waals surface area contributed by atoms with Crippen molar-refractivity contribution in [3.63, 3.8) is 0 Å². The van der Waals surface area contributed by atoms with Crippen LogP contribution in [0, 0.1) is 0 Å². The first-order valence-corrected chi connectivity index (χ1v) is 8.53. The molecule has 0 saturated heterocycles. The molecule has 0 bridgehead atoms. The van der Waals surface area contributed by atoms with Crippen LogP contribution in [0.5, 0.6) is 0 Å². The Hall–Kier alpha value is -2.96. The molecule has 1 fully saturated rings. The maximum atomic E-state index is 12.2. The molecule has 4 rings (SSSR count). The molecule has 0 atom stereocenters. The lowest BCUT2D eigenvalue weighted by molar-refractivity contribution is -0.115. The number of nitrogens with zero attached hydrogens (tertiary/aromatic N) is 5. The first-order chi connectivity index (χ1) is 12.3. The molecule has 1 N–H and O–H groups in total. The van der Waals surface area contributed by atoms with Gasteiger partial charge in [0.1, 0.15) is 0 Å². The zero-order valence-corrected chi connectivity index (χ0v) is 13.9. The number of nitrogens with one attached hydrogen (secondary N) is 1. The topological polar surface area (TPSA) is 77.6 Å². The van der Waals surface area contributed by atoms with Crippen molar-refractivity contribution in [2.24, 2.45) is 0 Å². The van der Waals surface area contributed by atoms with Gasteiger partial charge in [0.2, 0.25) is 5.91 Å². The quantitative estimate of drug-likeness (QED) is 0.750. The van der Waals surface area contributed by atoms with Gasteiger partial charge in [0.15, 0.2) is 5.82 Å². The number of rotatable bonds is 6. The summed E-state index contributed by atoms with van der Waals surface area (Å²) in [6.45, 7) is 0.693. The van der Waals surface area contributed by atoms with Crippen molar-refractivity contribution in [3.8, 4) is 0 Å². The summed E-state index contributed by atoms with van der Waals surface area (Å²) in [5.41, 5.74) is 2.05. The molecule has 2 heterocycles. The summed E-state index contributed by atoms with van der Waals surface area (Å²) in [5.74, 6) is 0.397. The van der Waals surface area contributed by atoms with Gasteiger partial charge in [0.05, 0.1) is 31.4 Å². The molecule has 0 unspecified atom stereocenters. The van der Waals surface area contributed by atoms with Gasteiger partial charge in [-0.15, -0.1) is 5.10 Å². The van der Waals surface area contributed by atoms with E-state index in [1.807, 2.05) is 29.1 Å². The van der Waals surface area contributed by atoms with Crippen LogP contribution in [0.2, 0.25) is 0 Å². The van der Waals surface area contributed by atoms with Gasteiger partial charge in [-0.25, -0.2) is 0 Å². The number of carbonyl (C=O) groups excluding carboxylic acids is 1. The zero-order valence-electron chi connectivity index (χ0n) is 13.9. The standard InChI is InChI=1S/C18H20N6O/c25-18(21-17-11-20-24(22-17)16-7-4-8-16)9-15-10-19-23(13-15)12-14-5-2-1-3-6-14/h1-3,5-6,10-11,13,16H,4,7-9,12H2,(H,21,22,25). The van der Waals surface area contributed by atoms with E-state index >= 15 is 0 Å². The highest BCUT2D eigenvalue weighted by Crippen LogP contribution is 2.30. The molecule has 0 spiro atoms. The maximum Gasteiger partial charge on any atom is 0.230 e. The Labute approximate surface area is 145 Å². The molecular formula is C18H20N6O. The molecule has 1 saturated carbocycles. The molecule has 1 aliphatic rings. The first kappa shape index (κ1) is 15.6. The van der Waals surface area contributed by atoms with Gasteiger partial charge in [-0.2, -0.15) is 15.0 Å². The number of anilines is 1. The van der Waals surface area contributed by atoms with Crippen LogP contribution in [0.25, 0.3) is 0 Å². The van der Waals surface area contributed by atoms with Crippen LogP contribution in [-0.4, -0.2) is 30.7 Å². The highest BCUT2D eigenvalue weighted by atomic mass is 16.1. The van der Waals surface area contributed by atoms with E-state index in [2.05, 4.69) is 32.7 Å². The smallest absolute Gasteiger partial charge is 0.230 e. The number of hydrogen-bond donors (Lipinski definition) is 1. The van der Waals surface area contributed by atoms with Crippen molar-refractivity contribution < 1.29 is 4.79 Å². The molecule has 7 heteroatoms. The molecule has 1 amide bonds. The molecule has 25 heavy (non-hydrogen) atoms. The summed E-state index contributed by atoms with van der Waals surface area (Å²) in [7, 11) is 0. The highest BCUT2D eigenvalue weighted by molar-refractivity contribution is 5.91. The fraction of sp³-hybridized carbons (Fsp3) is 0.333. The summed E-state index contributed by atoms with van der Waals surface area (Å²) in [5, 5.41) is 15.7. The molecular weight excluding hydrogens is 316 g/mol. The lowest BCUT2D eigenvalue weighted by atomic mass is 9.94. The van der Waals surface area contributed by atoms with Crippen LogP contribution in [0.1, 0.15) is 36.4 Å². The molecule has 1 aromatic carbocycles. The Morgan fingerprint density at radius 3 is 2.72 bits per heavy atom. The Kier molecular flexibility index (Phi) is 4.28. The summed E-state index contributed by atoms with van der Waals surface area (Å²) < 4.78 is 1.84. The molecule has 128 valence electrons. The van der Waals surface area contributed by atoms with Crippen LogP contribution in [0.15, 0.2) is 48.9 Å². The van der Waals surface area contributed by atoms with Crippen molar-refractivity contribution in [2.75, 3.05) is 5.32 Å². The van der Waals surface area contributed by atoms with E-state index < -0.39 is 0 Å². The summed E-state index contributed by atoms with van der Waals surface area (Å²) in [6.07, 6.45) is 8.96. The third-order valence-electron chi connectivity index (χ3n) is 4.42. The van der Waals surface area contributed by atoms with E-state index in [-0.39, 0.29) is 12.3 Å². The highest BCUT2D eigenvalue weighted by Gasteiger charge is 2.21. The molecule has 2 aromatic heterocycles. The van der Waals surface area contributed by atoms with Crippen LogP contribution in [0.4, 0.5) is 5.82 Å². The van der Waals surface area contributed by atoms with Crippen LogP contribution < -0.4 is 5.32 Å². The van der Waals surface area contributed by atoms with Gasteiger partial charge in [-0.3, -0.25) is 9.48 Å². The predicted octanol–water partition coefficient (Wildman–Crippen LogP) is 2.43. The van der Waals surface area contributed by atoms with Gasteiger partial charge in [0.25, 0.3) is 0 Å². The van der Waals surface area contributed by atoms with Crippen molar-refractivity contribution in [1.29, 1.82) is 0 Å². The predicted molar refractivity (Wildman–Crippen MR) is 93.0 cm³/mol. The van der Waals surface area contributed by atoms with Gasteiger partial charge in [-0.05, 0) is 30.4 Å². The minimum Gasteiger partial charge on any atom is -0.308 e. The lowest BCUT2D eigenvalue weighted by Gasteiger charge is -2.23. The Bertz CT molecular complexity index is 849. The summed E-state index contributed by atoms with van der Waals surface area (Å²) in [6, 6.07) is 10.5. The van der Waals surface area contributed by atoms with Crippen molar-refractivity contribution in [3.05, 3.63) is 60.0 Å². The third-order valence-corrected chi connectivity index (χ3v) is 4.42. The fourth-order valence-corrected chi connectivity index (χ4v) is 2.85.